The first-order valence-corrected chi connectivity index (χ1v) is 12.2. The van der Waals surface area contributed by atoms with Gasteiger partial charge in [0.2, 0.25) is 0 Å². The molecule has 0 saturated heterocycles. The van der Waals surface area contributed by atoms with Crippen LogP contribution in [0.2, 0.25) is 0 Å². The van der Waals surface area contributed by atoms with Crippen molar-refractivity contribution in [1.29, 1.82) is 0 Å². The summed E-state index contributed by atoms with van der Waals surface area (Å²) >= 11 is 0. The van der Waals surface area contributed by atoms with E-state index in [2.05, 4.69) is 116 Å². The number of hydrogen-bond acceptors (Lipinski definition) is 2. The largest absolute Gasteiger partial charge is 0.391 e. The van der Waals surface area contributed by atoms with Crippen molar-refractivity contribution in [3.05, 3.63) is 127 Å². The van der Waals surface area contributed by atoms with Crippen LogP contribution in [0.1, 0.15) is 24.1 Å². The van der Waals surface area contributed by atoms with Gasteiger partial charge in [0.15, 0.2) is 0 Å². The van der Waals surface area contributed by atoms with Gasteiger partial charge in [0, 0.05) is 24.0 Å². The summed E-state index contributed by atoms with van der Waals surface area (Å²) in [5, 5.41) is 17.2. The van der Waals surface area contributed by atoms with Crippen LogP contribution in [-0.4, -0.2) is 17.3 Å². The van der Waals surface area contributed by atoms with Crippen LogP contribution in [0.25, 0.3) is 0 Å². The first-order valence-electron chi connectivity index (χ1n) is 10.9. The summed E-state index contributed by atoms with van der Waals surface area (Å²) in [6.07, 6.45) is 7.01. The van der Waals surface area contributed by atoms with Crippen molar-refractivity contribution in [3.8, 4) is 0 Å². The number of benzene rings is 3. The van der Waals surface area contributed by atoms with Gasteiger partial charge in [-0.15, -0.1) is 0 Å². The van der Waals surface area contributed by atoms with E-state index in [1.54, 1.807) is 0 Å². The second kappa shape index (κ2) is 9.25. The highest BCUT2D eigenvalue weighted by Gasteiger charge is 2.41. The summed E-state index contributed by atoms with van der Waals surface area (Å²) in [6.45, 7) is 2.22. The molecule has 5 rings (SSSR count). The molecular weight excluding hydrogens is 397 g/mol. The minimum absolute atomic E-state index is 0.0337. The average molecular weight is 425 g/mol. The molecule has 0 heterocycles. The maximum atomic E-state index is 10.7. The van der Waals surface area contributed by atoms with Crippen molar-refractivity contribution >= 4 is 18.5 Å². The molecule has 3 aromatic rings. The van der Waals surface area contributed by atoms with E-state index in [1.165, 1.54) is 33.3 Å². The summed E-state index contributed by atoms with van der Waals surface area (Å²) in [7, 11) is -0.646. The minimum atomic E-state index is -0.646. The zero-order chi connectivity index (χ0) is 21.2. The molecule has 3 heteroatoms. The van der Waals surface area contributed by atoms with Gasteiger partial charge in [0.1, 0.15) is 0 Å². The molecule has 31 heavy (non-hydrogen) atoms. The monoisotopic (exact) mass is 424 g/mol. The number of aliphatic hydroxyl groups is 1. The first-order chi connectivity index (χ1) is 15.2. The molecule has 2 N–H and O–H groups in total. The molecule has 0 aliphatic heterocycles. The Bertz CT molecular complexity index is 953. The SMILES string of the molecule is C[C@H](N[C@H]1c2ccccc2C[C@H]1O)[C]1[CH][CH][CH][C]1P(c1ccccc1)c1ccccc1. The third-order valence-corrected chi connectivity index (χ3v) is 8.71. The predicted octanol–water partition coefficient (Wildman–Crippen LogP) is 4.49. The smallest absolute Gasteiger partial charge is 0.0775 e. The van der Waals surface area contributed by atoms with Crippen molar-refractivity contribution in [3.63, 3.8) is 0 Å². The van der Waals surface area contributed by atoms with Crippen LogP contribution >= 0.6 is 7.92 Å². The lowest BCUT2D eigenvalue weighted by molar-refractivity contribution is 0.137. The predicted molar refractivity (Wildman–Crippen MR) is 130 cm³/mol. The Morgan fingerprint density at radius 3 is 2.13 bits per heavy atom. The van der Waals surface area contributed by atoms with E-state index in [4.69, 9.17) is 0 Å². The normalized spacial score (nSPS) is 22.7. The van der Waals surface area contributed by atoms with Crippen molar-refractivity contribution in [1.82, 2.24) is 5.32 Å². The van der Waals surface area contributed by atoms with Gasteiger partial charge in [-0.25, -0.2) is 0 Å². The molecule has 2 nitrogen and oxygen atoms in total. The fraction of sp³-hybridized carbons (Fsp3) is 0.179. The number of nitrogens with one attached hydrogen (secondary N) is 1. The highest BCUT2D eigenvalue weighted by molar-refractivity contribution is 7.76. The molecule has 1 saturated carbocycles. The average Bonchev–Trinajstić information content (AvgIpc) is 3.40. The molecule has 2 aliphatic rings. The van der Waals surface area contributed by atoms with Crippen LogP contribution in [0.4, 0.5) is 0 Å². The van der Waals surface area contributed by atoms with E-state index in [9.17, 15) is 5.11 Å². The number of hydrogen-bond donors (Lipinski definition) is 2. The molecule has 1 fully saturated rings. The fourth-order valence-corrected chi connectivity index (χ4v) is 7.27. The second-order valence-electron chi connectivity index (χ2n) is 8.21. The number of aliphatic hydroxyl groups excluding tert-OH is 1. The van der Waals surface area contributed by atoms with Crippen LogP contribution in [-0.2, 0) is 6.42 Å². The Labute approximate surface area is 187 Å². The van der Waals surface area contributed by atoms with Gasteiger partial charge in [0.25, 0.3) is 0 Å². The zero-order valence-electron chi connectivity index (χ0n) is 17.6. The lowest BCUT2D eigenvalue weighted by Gasteiger charge is -2.34. The van der Waals surface area contributed by atoms with Gasteiger partial charge in [0.05, 0.1) is 12.1 Å². The van der Waals surface area contributed by atoms with Crippen LogP contribution in [0.15, 0.2) is 84.9 Å². The highest BCUT2D eigenvalue weighted by atomic mass is 31.1. The summed E-state index contributed by atoms with van der Waals surface area (Å²) in [6, 6.07) is 30.1. The van der Waals surface area contributed by atoms with Crippen molar-refractivity contribution in [2.75, 3.05) is 0 Å². The van der Waals surface area contributed by atoms with E-state index in [1.807, 2.05) is 0 Å². The van der Waals surface area contributed by atoms with Gasteiger partial charge in [-0.3, -0.25) is 0 Å². The van der Waals surface area contributed by atoms with Crippen molar-refractivity contribution in [2.24, 2.45) is 0 Å². The standard InChI is InChI=1S/C28H27NOP/c1-20(29-28-25-16-9-8-11-21(25)19-26(28)30)24-17-10-18-27(24)31(22-12-4-2-5-13-22)23-14-6-3-7-15-23/h2-18,20,26,28-30H,19H2,1H3/t20-,26+,28-/m0/s1. The van der Waals surface area contributed by atoms with E-state index in [-0.39, 0.29) is 18.2 Å². The molecule has 2 aliphatic carbocycles. The van der Waals surface area contributed by atoms with Crippen molar-refractivity contribution in [2.45, 2.75) is 31.5 Å². The second-order valence-corrected chi connectivity index (χ2v) is 10.4. The Morgan fingerprint density at radius 1 is 0.839 bits per heavy atom. The van der Waals surface area contributed by atoms with E-state index < -0.39 is 7.92 Å². The molecular formula is C28H27NOP. The lowest BCUT2D eigenvalue weighted by atomic mass is 9.97. The zero-order valence-corrected chi connectivity index (χ0v) is 18.5. The topological polar surface area (TPSA) is 32.3 Å². The molecule has 3 aromatic carbocycles. The van der Waals surface area contributed by atoms with Crippen LogP contribution in [0, 0.1) is 30.8 Å². The Kier molecular flexibility index (Phi) is 6.23. The first kappa shape index (κ1) is 20.9. The summed E-state index contributed by atoms with van der Waals surface area (Å²) < 4.78 is 0. The van der Waals surface area contributed by atoms with Gasteiger partial charge >= 0.3 is 0 Å². The molecule has 0 bridgehead atoms. The molecule has 3 atom stereocenters. The Morgan fingerprint density at radius 2 is 1.45 bits per heavy atom. The van der Waals surface area contributed by atoms with Gasteiger partial charge in [-0.2, -0.15) is 0 Å². The molecule has 0 aromatic heterocycles. The summed E-state index contributed by atoms with van der Waals surface area (Å²) in [4.78, 5) is 0. The molecule has 0 spiro atoms. The van der Waals surface area contributed by atoms with Crippen molar-refractivity contribution < 1.29 is 5.11 Å². The van der Waals surface area contributed by atoms with Crippen LogP contribution < -0.4 is 15.9 Å². The quantitative estimate of drug-likeness (QED) is 0.572. The summed E-state index contributed by atoms with van der Waals surface area (Å²) in [5.74, 6) is 1.32. The van der Waals surface area contributed by atoms with E-state index in [0.29, 0.717) is 0 Å². The van der Waals surface area contributed by atoms with E-state index >= 15 is 0 Å². The molecule has 5 radical (unpaired) electrons. The van der Waals surface area contributed by atoms with E-state index in [0.717, 1.165) is 6.42 Å². The maximum absolute atomic E-state index is 10.7. The Balaban J connectivity index is 1.41. The van der Waals surface area contributed by atoms with Crippen LogP contribution in [0.5, 0.6) is 0 Å². The molecule has 0 amide bonds. The fourth-order valence-electron chi connectivity index (χ4n) is 4.71. The summed E-state index contributed by atoms with van der Waals surface area (Å²) in [5.41, 5.74) is 3.86. The van der Waals surface area contributed by atoms with Crippen LogP contribution in [0.3, 0.4) is 0 Å². The van der Waals surface area contributed by atoms with Gasteiger partial charge < -0.3 is 10.4 Å². The Hall–Kier alpha value is -1.99. The van der Waals surface area contributed by atoms with Gasteiger partial charge in [-0.05, 0) is 55.8 Å². The maximum Gasteiger partial charge on any atom is 0.0775 e. The lowest BCUT2D eigenvalue weighted by Crippen LogP contribution is -2.40. The highest BCUT2D eigenvalue weighted by Crippen LogP contribution is 2.57. The third kappa shape index (κ3) is 4.22. The molecule has 0 unspecified atom stereocenters. The van der Waals surface area contributed by atoms with Gasteiger partial charge in [-0.1, -0.05) is 84.9 Å². The number of fused-ring (bicyclic) bond motifs is 1. The number of rotatable bonds is 6. The minimum Gasteiger partial charge on any atom is -0.391 e. The molecule has 155 valence electrons. The third-order valence-electron chi connectivity index (χ3n) is 6.20.